The first-order valence-electron chi connectivity index (χ1n) is 6.85. The molecular formula is C14H25ClN2. The van der Waals surface area contributed by atoms with E-state index in [0.717, 1.165) is 19.0 Å². The molecule has 1 saturated heterocycles. The Balaban J connectivity index is 1.98. The predicted molar refractivity (Wildman–Crippen MR) is 74.3 cm³/mol. The van der Waals surface area contributed by atoms with Gasteiger partial charge in [0.25, 0.3) is 0 Å². The highest BCUT2D eigenvalue weighted by Gasteiger charge is 2.37. The van der Waals surface area contributed by atoms with Crippen LogP contribution in [0.25, 0.3) is 0 Å². The molecule has 2 nitrogen and oxygen atoms in total. The zero-order valence-corrected chi connectivity index (χ0v) is 12.0. The van der Waals surface area contributed by atoms with Gasteiger partial charge in [-0.2, -0.15) is 0 Å². The third-order valence-corrected chi connectivity index (χ3v) is 4.46. The highest BCUT2D eigenvalue weighted by molar-refractivity contribution is 6.25. The van der Waals surface area contributed by atoms with Crippen molar-refractivity contribution in [3.8, 4) is 0 Å². The van der Waals surface area contributed by atoms with Crippen LogP contribution in [0.1, 0.15) is 33.6 Å². The minimum Gasteiger partial charge on any atom is -0.311 e. The monoisotopic (exact) mass is 256 g/mol. The number of piperazine rings is 1. The first-order chi connectivity index (χ1) is 8.11. The average Bonchev–Trinajstić information content (AvgIpc) is 3.12. The molecule has 0 aromatic carbocycles. The minimum absolute atomic E-state index is 0.650. The van der Waals surface area contributed by atoms with E-state index < -0.39 is 0 Å². The van der Waals surface area contributed by atoms with Gasteiger partial charge in [-0.25, -0.2) is 0 Å². The predicted octanol–water partition coefficient (Wildman–Crippen LogP) is 2.84. The summed E-state index contributed by atoms with van der Waals surface area (Å²) in [5.74, 6) is 1.64. The van der Waals surface area contributed by atoms with Crippen LogP contribution < -0.4 is 5.32 Å². The number of hydrogen-bond acceptors (Lipinski definition) is 2. The van der Waals surface area contributed by atoms with E-state index in [4.69, 9.17) is 11.6 Å². The highest BCUT2D eigenvalue weighted by atomic mass is 35.5. The lowest BCUT2D eigenvalue weighted by atomic mass is 9.96. The maximum Gasteiger partial charge on any atom is 0.0247 e. The topological polar surface area (TPSA) is 15.3 Å². The Morgan fingerprint density at radius 2 is 2.18 bits per heavy atom. The van der Waals surface area contributed by atoms with Gasteiger partial charge in [0.15, 0.2) is 0 Å². The van der Waals surface area contributed by atoms with Gasteiger partial charge in [-0.3, -0.25) is 4.90 Å². The lowest BCUT2D eigenvalue weighted by molar-refractivity contribution is 0.102. The van der Waals surface area contributed by atoms with E-state index in [1.807, 2.05) is 0 Å². The number of rotatable bonds is 4. The SMILES string of the molecule is CC(=CCl)CN1CC(C2CC2)NCC1C(C)C. The van der Waals surface area contributed by atoms with Gasteiger partial charge in [-0.05, 0) is 37.2 Å². The van der Waals surface area contributed by atoms with Crippen LogP contribution in [0.4, 0.5) is 0 Å². The summed E-state index contributed by atoms with van der Waals surface area (Å²) in [4.78, 5) is 2.62. The molecule has 2 fully saturated rings. The molecule has 2 unspecified atom stereocenters. The fraction of sp³-hybridized carbons (Fsp3) is 0.857. The van der Waals surface area contributed by atoms with Crippen LogP contribution in [0.15, 0.2) is 11.1 Å². The minimum atomic E-state index is 0.650. The molecule has 0 amide bonds. The zero-order chi connectivity index (χ0) is 12.4. The van der Waals surface area contributed by atoms with Crippen LogP contribution >= 0.6 is 11.6 Å². The molecule has 0 aromatic rings. The second kappa shape index (κ2) is 5.73. The van der Waals surface area contributed by atoms with Crippen molar-refractivity contribution < 1.29 is 0 Å². The van der Waals surface area contributed by atoms with Crippen LogP contribution in [-0.2, 0) is 0 Å². The largest absolute Gasteiger partial charge is 0.311 e. The van der Waals surface area contributed by atoms with Crippen LogP contribution in [0.5, 0.6) is 0 Å². The van der Waals surface area contributed by atoms with Crippen molar-refractivity contribution in [3.05, 3.63) is 11.1 Å². The average molecular weight is 257 g/mol. The molecule has 17 heavy (non-hydrogen) atoms. The molecule has 0 bridgehead atoms. The summed E-state index contributed by atoms with van der Waals surface area (Å²) in [5, 5.41) is 3.74. The van der Waals surface area contributed by atoms with Gasteiger partial charge in [0.1, 0.15) is 0 Å². The Hall–Kier alpha value is -0.0500. The molecule has 0 radical (unpaired) electrons. The molecule has 1 saturated carbocycles. The molecule has 0 spiro atoms. The first-order valence-corrected chi connectivity index (χ1v) is 7.28. The molecular weight excluding hydrogens is 232 g/mol. The lowest BCUT2D eigenvalue weighted by Crippen LogP contribution is -2.59. The van der Waals surface area contributed by atoms with Crippen molar-refractivity contribution in [2.75, 3.05) is 19.6 Å². The fourth-order valence-electron chi connectivity index (χ4n) is 2.86. The van der Waals surface area contributed by atoms with E-state index in [9.17, 15) is 0 Å². The summed E-state index contributed by atoms with van der Waals surface area (Å²) in [6.07, 6.45) is 2.84. The van der Waals surface area contributed by atoms with Gasteiger partial charge in [-0.1, -0.05) is 25.4 Å². The Bertz CT molecular complexity index is 284. The van der Waals surface area contributed by atoms with Crippen molar-refractivity contribution >= 4 is 11.6 Å². The maximum absolute atomic E-state index is 5.81. The van der Waals surface area contributed by atoms with Crippen molar-refractivity contribution in [3.63, 3.8) is 0 Å². The van der Waals surface area contributed by atoms with Crippen LogP contribution in [0.3, 0.4) is 0 Å². The lowest BCUT2D eigenvalue weighted by Gasteiger charge is -2.42. The van der Waals surface area contributed by atoms with E-state index in [2.05, 4.69) is 31.0 Å². The number of halogens is 1. The van der Waals surface area contributed by atoms with E-state index in [-0.39, 0.29) is 0 Å². The van der Waals surface area contributed by atoms with E-state index in [1.54, 1.807) is 5.54 Å². The molecule has 98 valence electrons. The fourth-order valence-corrected chi connectivity index (χ4v) is 2.93. The van der Waals surface area contributed by atoms with Gasteiger partial charge in [-0.15, -0.1) is 0 Å². The highest BCUT2D eigenvalue weighted by Crippen LogP contribution is 2.34. The van der Waals surface area contributed by atoms with Crippen LogP contribution in [0.2, 0.25) is 0 Å². The first kappa shape index (κ1) is 13.4. The Labute approximate surface area is 110 Å². The van der Waals surface area contributed by atoms with E-state index in [0.29, 0.717) is 18.0 Å². The van der Waals surface area contributed by atoms with Gasteiger partial charge in [0.05, 0.1) is 0 Å². The van der Waals surface area contributed by atoms with Crippen molar-refractivity contribution in [2.45, 2.75) is 45.7 Å². The molecule has 1 N–H and O–H groups in total. The number of hydrogen-bond donors (Lipinski definition) is 1. The smallest absolute Gasteiger partial charge is 0.0247 e. The summed E-state index contributed by atoms with van der Waals surface area (Å²) in [5.41, 5.74) is 3.00. The van der Waals surface area contributed by atoms with Gasteiger partial charge in [0, 0.05) is 37.3 Å². The van der Waals surface area contributed by atoms with E-state index >= 15 is 0 Å². The van der Waals surface area contributed by atoms with Crippen molar-refractivity contribution in [1.82, 2.24) is 10.2 Å². The van der Waals surface area contributed by atoms with Crippen molar-refractivity contribution in [1.29, 1.82) is 0 Å². The molecule has 2 aliphatic rings. The normalized spacial score (nSPS) is 32.2. The Morgan fingerprint density at radius 1 is 1.47 bits per heavy atom. The zero-order valence-electron chi connectivity index (χ0n) is 11.2. The molecule has 1 aliphatic carbocycles. The quantitative estimate of drug-likeness (QED) is 0.832. The molecule has 0 aromatic heterocycles. The second-order valence-electron chi connectivity index (χ2n) is 6.05. The second-order valence-corrected chi connectivity index (χ2v) is 6.27. The van der Waals surface area contributed by atoms with Gasteiger partial charge >= 0.3 is 0 Å². The Morgan fingerprint density at radius 3 is 2.71 bits per heavy atom. The Kier molecular flexibility index (Phi) is 4.51. The number of nitrogens with zero attached hydrogens (tertiary/aromatic N) is 1. The van der Waals surface area contributed by atoms with Crippen LogP contribution in [-0.4, -0.2) is 36.6 Å². The van der Waals surface area contributed by atoms with Crippen molar-refractivity contribution in [2.24, 2.45) is 11.8 Å². The summed E-state index contributed by atoms with van der Waals surface area (Å²) in [6.45, 7) is 10.1. The molecule has 2 rings (SSSR count). The summed E-state index contributed by atoms with van der Waals surface area (Å²) < 4.78 is 0. The standard InChI is InChI=1S/C14H25ClN2/c1-10(2)14-7-16-13(12-4-5-12)9-17(14)8-11(3)6-15/h6,10,12-14,16H,4-5,7-9H2,1-3H3. The van der Waals surface area contributed by atoms with Gasteiger partial charge < -0.3 is 5.32 Å². The third kappa shape index (κ3) is 3.46. The maximum atomic E-state index is 5.81. The third-order valence-electron chi connectivity index (χ3n) is 4.09. The summed E-state index contributed by atoms with van der Waals surface area (Å²) >= 11 is 5.81. The van der Waals surface area contributed by atoms with Crippen LogP contribution in [0, 0.1) is 11.8 Å². The molecule has 1 aliphatic heterocycles. The molecule has 3 heteroatoms. The van der Waals surface area contributed by atoms with Gasteiger partial charge in [0.2, 0.25) is 0 Å². The molecule has 2 atom stereocenters. The van der Waals surface area contributed by atoms with E-state index in [1.165, 1.54) is 25.0 Å². The summed E-state index contributed by atoms with van der Waals surface area (Å²) in [6, 6.07) is 1.37. The number of nitrogens with one attached hydrogen (secondary N) is 1. The summed E-state index contributed by atoms with van der Waals surface area (Å²) in [7, 11) is 0. The molecule has 1 heterocycles.